The van der Waals surface area contributed by atoms with E-state index in [1.807, 2.05) is 49.5 Å². The van der Waals surface area contributed by atoms with Crippen molar-refractivity contribution in [3.8, 4) is 11.1 Å². The van der Waals surface area contributed by atoms with E-state index in [1.54, 1.807) is 35.7 Å². The van der Waals surface area contributed by atoms with Crippen LogP contribution in [0.2, 0.25) is 0 Å². The summed E-state index contributed by atoms with van der Waals surface area (Å²) in [4.78, 5) is 22.5. The molecule has 0 aliphatic rings. The molecule has 3 heterocycles. The first-order chi connectivity index (χ1) is 18.0. The van der Waals surface area contributed by atoms with Crippen molar-refractivity contribution in [2.45, 2.75) is 33.2 Å². The number of anilines is 1. The molecule has 188 valence electrons. The first-order valence-electron chi connectivity index (χ1n) is 11.9. The Hall–Kier alpha value is -3.66. The largest absolute Gasteiger partial charge is 0.755 e. The summed E-state index contributed by atoms with van der Waals surface area (Å²) in [7, 11) is 0. The fraction of sp³-hybridized carbons (Fsp3) is 0.179. The van der Waals surface area contributed by atoms with Crippen molar-refractivity contribution in [3.05, 3.63) is 101 Å². The van der Waals surface area contributed by atoms with E-state index in [9.17, 15) is 13.6 Å². The molecule has 0 fully saturated rings. The van der Waals surface area contributed by atoms with Crippen molar-refractivity contribution < 1.29 is 13.6 Å². The minimum Gasteiger partial charge on any atom is -0.755 e. The molecule has 5 aromatic rings. The molecule has 0 radical (unpaired) electrons. The van der Waals surface area contributed by atoms with Gasteiger partial charge in [0.05, 0.1) is 17.8 Å². The minimum absolute atomic E-state index is 0.306. The summed E-state index contributed by atoms with van der Waals surface area (Å²) in [6.07, 6.45) is 3.67. The van der Waals surface area contributed by atoms with Crippen LogP contribution in [0.5, 0.6) is 0 Å². The molecular weight excluding hydrogens is 504 g/mol. The van der Waals surface area contributed by atoms with E-state index in [0.29, 0.717) is 22.7 Å². The number of aryl methyl sites for hydroxylation is 2. The summed E-state index contributed by atoms with van der Waals surface area (Å²) >= 11 is -1.55. The highest BCUT2D eigenvalue weighted by Gasteiger charge is 2.23. The number of hydrogen-bond acceptors (Lipinski definition) is 6. The highest BCUT2D eigenvalue weighted by molar-refractivity contribution is 7.81. The maximum absolute atomic E-state index is 13.0. The molecule has 0 bridgehead atoms. The Bertz CT molecular complexity index is 1580. The highest BCUT2D eigenvalue weighted by atomic mass is 32.2. The number of carbonyl (C=O) groups excluding carboxylic acids is 1. The zero-order valence-corrected chi connectivity index (χ0v) is 22.1. The maximum atomic E-state index is 13.0. The topological polar surface area (TPSA) is 91.2 Å². The third-order valence-electron chi connectivity index (χ3n) is 6.18. The number of rotatable bonds is 8. The van der Waals surface area contributed by atoms with Crippen molar-refractivity contribution in [2.75, 3.05) is 4.31 Å². The van der Waals surface area contributed by atoms with Gasteiger partial charge in [-0.15, -0.1) is 11.3 Å². The molecule has 0 saturated carbocycles. The lowest BCUT2D eigenvalue weighted by Gasteiger charge is -2.24. The van der Waals surface area contributed by atoms with Gasteiger partial charge in [-0.3, -0.25) is 9.00 Å². The Balaban J connectivity index is 1.46. The lowest BCUT2D eigenvalue weighted by Crippen LogP contribution is -2.32. The predicted octanol–water partition coefficient (Wildman–Crippen LogP) is 5.91. The van der Waals surface area contributed by atoms with Gasteiger partial charge < -0.3 is 9.12 Å². The zero-order chi connectivity index (χ0) is 25.9. The Morgan fingerprint density at radius 2 is 1.84 bits per heavy atom. The van der Waals surface area contributed by atoms with E-state index in [4.69, 9.17) is 4.98 Å². The van der Waals surface area contributed by atoms with Gasteiger partial charge in [-0.05, 0) is 59.7 Å². The first kappa shape index (κ1) is 25.0. The molecule has 0 spiro atoms. The summed E-state index contributed by atoms with van der Waals surface area (Å²) in [5.41, 5.74) is 5.80. The third-order valence-corrected chi connectivity index (χ3v) is 7.84. The van der Waals surface area contributed by atoms with Crippen LogP contribution < -0.4 is 4.31 Å². The van der Waals surface area contributed by atoms with Gasteiger partial charge in [-0.25, -0.2) is 14.3 Å². The lowest BCUT2D eigenvalue weighted by molar-refractivity contribution is 0.101. The molecule has 0 aliphatic carbocycles. The maximum Gasteiger partial charge on any atom is 0.270 e. The molecule has 0 N–H and O–H groups in total. The molecule has 2 aromatic carbocycles. The van der Waals surface area contributed by atoms with Crippen LogP contribution in [0.25, 0.3) is 22.3 Å². The van der Waals surface area contributed by atoms with E-state index in [2.05, 4.69) is 16.5 Å². The van der Waals surface area contributed by atoms with E-state index in [-0.39, 0.29) is 0 Å². The second-order valence-electron chi connectivity index (χ2n) is 8.68. The second kappa shape index (κ2) is 10.8. The predicted molar refractivity (Wildman–Crippen MR) is 147 cm³/mol. The van der Waals surface area contributed by atoms with Crippen LogP contribution >= 0.6 is 11.3 Å². The van der Waals surface area contributed by atoms with Crippen molar-refractivity contribution in [3.63, 3.8) is 0 Å². The molecule has 9 heteroatoms. The number of amides is 1. The number of carbonyl (C=O) groups is 1. The van der Waals surface area contributed by atoms with Gasteiger partial charge in [0.1, 0.15) is 16.3 Å². The summed E-state index contributed by atoms with van der Waals surface area (Å²) in [5.74, 6) is 0.420. The summed E-state index contributed by atoms with van der Waals surface area (Å²) in [6.45, 7) is 4.81. The molecule has 0 aliphatic heterocycles. The number of nitrogens with zero attached hydrogens (tertiary/aromatic N) is 4. The van der Waals surface area contributed by atoms with E-state index in [0.717, 1.165) is 50.8 Å². The summed E-state index contributed by atoms with van der Waals surface area (Å²) < 4.78 is 27.3. The van der Waals surface area contributed by atoms with E-state index >= 15 is 0 Å². The van der Waals surface area contributed by atoms with Gasteiger partial charge >= 0.3 is 0 Å². The van der Waals surface area contributed by atoms with Crippen LogP contribution in [0, 0.1) is 6.92 Å². The Labute approximate surface area is 221 Å². The van der Waals surface area contributed by atoms with Crippen LogP contribution in [0.1, 0.15) is 40.7 Å². The number of hydrogen-bond donors (Lipinski definition) is 0. The van der Waals surface area contributed by atoms with Gasteiger partial charge in [0.2, 0.25) is 0 Å². The smallest absolute Gasteiger partial charge is 0.270 e. The number of aromatic nitrogens is 3. The zero-order valence-electron chi connectivity index (χ0n) is 20.5. The van der Waals surface area contributed by atoms with Crippen molar-refractivity contribution in [1.82, 2.24) is 14.5 Å². The van der Waals surface area contributed by atoms with Gasteiger partial charge in [-0.1, -0.05) is 49.4 Å². The van der Waals surface area contributed by atoms with Crippen LogP contribution in [0.15, 0.2) is 78.3 Å². The summed E-state index contributed by atoms with van der Waals surface area (Å²) in [5, 5.41) is 2.15. The van der Waals surface area contributed by atoms with Gasteiger partial charge in [0.25, 0.3) is 5.91 Å². The summed E-state index contributed by atoms with van der Waals surface area (Å²) in [6, 6.07) is 20.2. The molecule has 0 saturated heterocycles. The minimum atomic E-state index is -2.77. The van der Waals surface area contributed by atoms with Crippen LogP contribution in [-0.2, 0) is 24.2 Å². The number of pyridine rings is 1. The van der Waals surface area contributed by atoms with Gasteiger partial charge in [-0.2, -0.15) is 0 Å². The van der Waals surface area contributed by atoms with Crippen molar-refractivity contribution in [2.24, 2.45) is 0 Å². The fourth-order valence-electron chi connectivity index (χ4n) is 4.34. The standard InChI is InChI=1S/C28H26N4O3S2/c1-3-7-24-30-25-19(2)14-16-29-26(25)31(24)18-20-10-12-21(13-11-20)23-15-17-36-28(23)32(37(34)35)27(33)22-8-5-4-6-9-22/h4-6,8-17H,3,7,18H2,1-2H3,(H,34,35)/p-1. The molecule has 5 rings (SSSR count). The Morgan fingerprint density at radius 3 is 2.54 bits per heavy atom. The van der Waals surface area contributed by atoms with E-state index in [1.165, 1.54) is 11.3 Å². The highest BCUT2D eigenvalue weighted by Crippen LogP contribution is 2.37. The van der Waals surface area contributed by atoms with Gasteiger partial charge in [0, 0.05) is 23.7 Å². The number of thiophene rings is 1. The van der Waals surface area contributed by atoms with Crippen LogP contribution in [0.4, 0.5) is 5.00 Å². The van der Waals surface area contributed by atoms with Gasteiger partial charge in [0.15, 0.2) is 5.65 Å². The third kappa shape index (κ3) is 4.98. The van der Waals surface area contributed by atoms with Crippen LogP contribution in [0.3, 0.4) is 0 Å². The SMILES string of the molecule is CCCc1nc2c(C)ccnc2n1Cc1ccc(-c2ccsc2N(C(=O)c2ccccc2)S(=O)[O-])cc1. The molecule has 7 nitrogen and oxygen atoms in total. The molecule has 1 unspecified atom stereocenters. The Kier molecular flexibility index (Phi) is 7.27. The normalized spacial score (nSPS) is 12.1. The fourth-order valence-corrected chi connectivity index (χ4v) is 5.95. The molecule has 3 aromatic heterocycles. The molecule has 1 amide bonds. The number of fused-ring (bicyclic) bond motifs is 1. The van der Waals surface area contributed by atoms with Crippen LogP contribution in [-0.4, -0.2) is 29.2 Å². The second-order valence-corrected chi connectivity index (χ2v) is 10.4. The molecular formula is C28H25N4O3S2-. The van der Waals surface area contributed by atoms with E-state index < -0.39 is 17.2 Å². The van der Waals surface area contributed by atoms with Crippen molar-refractivity contribution in [1.29, 1.82) is 0 Å². The van der Waals surface area contributed by atoms with Crippen molar-refractivity contribution >= 4 is 44.7 Å². The molecule has 37 heavy (non-hydrogen) atoms. The first-order valence-corrected chi connectivity index (χ1v) is 13.9. The number of benzene rings is 2. The monoisotopic (exact) mass is 529 g/mol. The Morgan fingerprint density at radius 1 is 1.08 bits per heavy atom. The average molecular weight is 530 g/mol. The quantitative estimate of drug-likeness (QED) is 0.233. The molecule has 1 atom stereocenters. The number of imidazole rings is 1. The average Bonchev–Trinajstić information content (AvgIpc) is 3.51. The lowest BCUT2D eigenvalue weighted by atomic mass is 10.1.